The summed E-state index contributed by atoms with van der Waals surface area (Å²) in [6.07, 6.45) is 0.512. The molecular formula is C21H38N6O10. The van der Waals surface area contributed by atoms with Crippen LogP contribution in [0.15, 0.2) is 0 Å². The Labute approximate surface area is 213 Å². The van der Waals surface area contributed by atoms with Crippen molar-refractivity contribution in [1.29, 1.82) is 0 Å². The van der Waals surface area contributed by atoms with E-state index in [1.807, 2.05) is 0 Å². The number of carboxylic acids is 4. The highest BCUT2D eigenvalue weighted by molar-refractivity contribution is 5.87. The number of hydrogen-bond donors (Lipinski definition) is 10. The maximum Gasteiger partial charge on any atom is 0.326 e. The molecule has 0 unspecified atom stereocenters. The Morgan fingerprint density at radius 3 is 1.00 bits per heavy atom. The van der Waals surface area contributed by atoms with E-state index in [-0.39, 0.29) is 57.8 Å². The summed E-state index contributed by atoms with van der Waals surface area (Å²) in [5, 5.41) is 40.7. The Bertz CT molecular complexity index is 811. The van der Waals surface area contributed by atoms with Crippen molar-refractivity contribution in [2.24, 2.45) is 22.9 Å². The molecule has 16 nitrogen and oxygen atoms in total. The van der Waals surface area contributed by atoms with Gasteiger partial charge in [-0.15, -0.1) is 0 Å². The second-order valence-electron chi connectivity index (χ2n) is 8.69. The Balaban J connectivity index is 4.61. The van der Waals surface area contributed by atoms with Crippen LogP contribution in [0.1, 0.15) is 57.8 Å². The van der Waals surface area contributed by atoms with E-state index in [1.165, 1.54) is 0 Å². The van der Waals surface area contributed by atoms with Crippen LogP contribution >= 0.6 is 0 Å². The number of aliphatic carboxylic acids is 4. The molecule has 0 aliphatic carbocycles. The van der Waals surface area contributed by atoms with E-state index in [4.69, 9.17) is 33.1 Å². The van der Waals surface area contributed by atoms with Gasteiger partial charge in [0.05, 0.1) is 12.1 Å². The van der Waals surface area contributed by atoms with E-state index < -0.39 is 71.9 Å². The molecule has 0 heterocycles. The minimum absolute atomic E-state index is 0.0131. The first-order chi connectivity index (χ1) is 17.2. The maximum absolute atomic E-state index is 12.3. The lowest BCUT2D eigenvalue weighted by Crippen LogP contribution is -2.49. The standard InChI is InChI=1S/C21H38N6O10/c22-10(4-1-6-12(24)18(30)31)16(28)26-14(20(34)35)8-2-5-11(23)17(29)27-15(21(36)37)9-3-7-13(25)19(32)33/h10-15H,1-9,22-25H2,(H,26,28)(H,27,29)(H,30,31)(H,32,33)(H,34,35)(H,36,37)/t10-,11-,12-,13-,14-,15-/m0/s1. The minimum Gasteiger partial charge on any atom is -0.480 e. The van der Waals surface area contributed by atoms with Gasteiger partial charge in [-0.2, -0.15) is 0 Å². The van der Waals surface area contributed by atoms with Gasteiger partial charge in [-0.1, -0.05) is 0 Å². The molecule has 14 N–H and O–H groups in total. The predicted octanol–water partition coefficient (Wildman–Crippen LogP) is -2.89. The third-order valence-corrected chi connectivity index (χ3v) is 5.58. The summed E-state index contributed by atoms with van der Waals surface area (Å²) in [5.74, 6) is -6.61. The topological polar surface area (TPSA) is 311 Å². The van der Waals surface area contributed by atoms with Crippen LogP contribution in [0.2, 0.25) is 0 Å². The van der Waals surface area contributed by atoms with Crippen molar-refractivity contribution in [3.63, 3.8) is 0 Å². The smallest absolute Gasteiger partial charge is 0.326 e. The van der Waals surface area contributed by atoms with E-state index in [0.717, 1.165) is 0 Å². The molecule has 0 aliphatic rings. The van der Waals surface area contributed by atoms with Crippen LogP contribution < -0.4 is 33.6 Å². The fraction of sp³-hybridized carbons (Fsp3) is 0.714. The number of rotatable bonds is 20. The normalized spacial score (nSPS) is 15.9. The van der Waals surface area contributed by atoms with Gasteiger partial charge in [0.15, 0.2) is 0 Å². The lowest BCUT2D eigenvalue weighted by molar-refractivity contribution is -0.143. The highest BCUT2D eigenvalue weighted by Crippen LogP contribution is 2.08. The number of nitrogens with one attached hydrogen (secondary N) is 2. The molecule has 0 saturated heterocycles. The van der Waals surface area contributed by atoms with Gasteiger partial charge in [-0.25, -0.2) is 9.59 Å². The van der Waals surface area contributed by atoms with Gasteiger partial charge in [-0.05, 0) is 57.8 Å². The fourth-order valence-corrected chi connectivity index (χ4v) is 3.22. The molecule has 0 saturated carbocycles. The zero-order valence-electron chi connectivity index (χ0n) is 20.4. The van der Waals surface area contributed by atoms with Crippen molar-refractivity contribution in [1.82, 2.24) is 10.6 Å². The van der Waals surface area contributed by atoms with Gasteiger partial charge in [0.25, 0.3) is 0 Å². The first-order valence-corrected chi connectivity index (χ1v) is 11.7. The van der Waals surface area contributed by atoms with E-state index >= 15 is 0 Å². The van der Waals surface area contributed by atoms with Gasteiger partial charge in [0.2, 0.25) is 11.8 Å². The number of nitrogens with two attached hydrogens (primary N) is 4. The Hall–Kier alpha value is -3.34. The van der Waals surface area contributed by atoms with E-state index in [2.05, 4.69) is 10.6 Å². The molecule has 0 rings (SSSR count). The van der Waals surface area contributed by atoms with Crippen molar-refractivity contribution in [3.05, 3.63) is 0 Å². The van der Waals surface area contributed by atoms with Crippen LogP contribution in [0.3, 0.4) is 0 Å². The molecule has 0 spiro atoms. The molecule has 0 aromatic carbocycles. The van der Waals surface area contributed by atoms with Crippen LogP contribution in [0.25, 0.3) is 0 Å². The predicted molar refractivity (Wildman–Crippen MR) is 128 cm³/mol. The zero-order chi connectivity index (χ0) is 28.7. The summed E-state index contributed by atoms with van der Waals surface area (Å²) in [6.45, 7) is 0. The Morgan fingerprint density at radius 2 is 0.730 bits per heavy atom. The lowest BCUT2D eigenvalue weighted by Gasteiger charge is -2.20. The SMILES string of the molecule is N[C@@H](CCC[C@H](NC(=O)[C@@H](N)CCC[C@H](NC(=O)[C@@H](N)CCC[C@H](N)C(=O)O)C(=O)O)C(=O)O)C(=O)O. The van der Waals surface area contributed by atoms with Crippen molar-refractivity contribution in [2.45, 2.75) is 94.0 Å². The molecule has 0 aromatic rings. The minimum atomic E-state index is -1.34. The molecule has 16 heteroatoms. The third kappa shape index (κ3) is 14.1. The monoisotopic (exact) mass is 534 g/mol. The van der Waals surface area contributed by atoms with E-state index in [0.29, 0.717) is 0 Å². The van der Waals surface area contributed by atoms with Crippen LogP contribution in [0.4, 0.5) is 0 Å². The largest absolute Gasteiger partial charge is 0.480 e. The molecule has 0 radical (unpaired) electrons. The quantitative estimate of drug-likeness (QED) is 0.0749. The first-order valence-electron chi connectivity index (χ1n) is 11.7. The summed E-state index contributed by atoms with van der Waals surface area (Å²) in [6, 6.07) is -7.11. The number of carbonyl (C=O) groups is 6. The van der Waals surface area contributed by atoms with Crippen molar-refractivity contribution >= 4 is 35.7 Å². The van der Waals surface area contributed by atoms with Crippen LogP contribution in [0.5, 0.6) is 0 Å². The van der Waals surface area contributed by atoms with Crippen LogP contribution in [-0.4, -0.2) is 92.4 Å². The summed E-state index contributed by atoms with van der Waals surface area (Å²) < 4.78 is 0. The van der Waals surface area contributed by atoms with E-state index in [9.17, 15) is 39.0 Å². The average molecular weight is 535 g/mol. The fourth-order valence-electron chi connectivity index (χ4n) is 3.22. The molecule has 0 aliphatic heterocycles. The second kappa shape index (κ2) is 17.2. The Morgan fingerprint density at radius 1 is 0.459 bits per heavy atom. The third-order valence-electron chi connectivity index (χ3n) is 5.58. The first kappa shape index (κ1) is 33.7. The molecule has 2 amide bonds. The summed E-state index contributed by atoms with van der Waals surface area (Å²) in [5.41, 5.74) is 22.3. The highest BCUT2D eigenvalue weighted by atomic mass is 16.4. The molecule has 0 bridgehead atoms. The summed E-state index contributed by atoms with van der Waals surface area (Å²) in [7, 11) is 0. The lowest BCUT2D eigenvalue weighted by atomic mass is 10.0. The van der Waals surface area contributed by atoms with Gasteiger partial charge in [0.1, 0.15) is 24.2 Å². The van der Waals surface area contributed by atoms with Crippen LogP contribution in [-0.2, 0) is 28.8 Å². The van der Waals surface area contributed by atoms with Gasteiger partial charge < -0.3 is 54.0 Å². The van der Waals surface area contributed by atoms with Crippen molar-refractivity contribution in [3.8, 4) is 0 Å². The van der Waals surface area contributed by atoms with Crippen molar-refractivity contribution < 1.29 is 49.2 Å². The molecule has 0 fully saturated rings. The summed E-state index contributed by atoms with van der Waals surface area (Å²) in [4.78, 5) is 68.8. The number of carboxylic acid groups (broad SMARTS) is 4. The summed E-state index contributed by atoms with van der Waals surface area (Å²) >= 11 is 0. The molecular weight excluding hydrogens is 496 g/mol. The Kier molecular flexibility index (Phi) is 15.6. The molecule has 212 valence electrons. The second-order valence-corrected chi connectivity index (χ2v) is 8.69. The average Bonchev–Trinajstić information content (AvgIpc) is 2.81. The van der Waals surface area contributed by atoms with Gasteiger partial charge >= 0.3 is 23.9 Å². The zero-order valence-corrected chi connectivity index (χ0v) is 20.4. The van der Waals surface area contributed by atoms with Crippen LogP contribution in [0, 0.1) is 0 Å². The van der Waals surface area contributed by atoms with Gasteiger partial charge in [0, 0.05) is 0 Å². The van der Waals surface area contributed by atoms with E-state index in [1.54, 1.807) is 0 Å². The number of hydrogen-bond acceptors (Lipinski definition) is 10. The maximum atomic E-state index is 12.3. The van der Waals surface area contributed by atoms with Crippen molar-refractivity contribution in [2.75, 3.05) is 0 Å². The molecule has 0 aromatic heterocycles. The molecule has 37 heavy (non-hydrogen) atoms. The number of carbonyl (C=O) groups excluding carboxylic acids is 2. The molecule has 6 atom stereocenters. The number of amides is 2. The highest BCUT2D eigenvalue weighted by Gasteiger charge is 2.26. The van der Waals surface area contributed by atoms with Gasteiger partial charge in [-0.3, -0.25) is 19.2 Å².